The number of nitrogens with zero attached hydrogens (tertiary/aromatic N) is 1. The van der Waals surface area contributed by atoms with Gasteiger partial charge in [0.2, 0.25) is 0 Å². The van der Waals surface area contributed by atoms with Crippen LogP contribution in [0.3, 0.4) is 0 Å². The van der Waals surface area contributed by atoms with Gasteiger partial charge in [0.15, 0.2) is 0 Å². The van der Waals surface area contributed by atoms with Crippen molar-refractivity contribution in [2.45, 2.75) is 25.6 Å². The molecule has 0 rings (SSSR count). The molecule has 0 aromatic heterocycles. The number of nitrogens with one attached hydrogen (secondary N) is 1. The second kappa shape index (κ2) is 7.50. The summed E-state index contributed by atoms with van der Waals surface area (Å²) in [4.78, 5) is 12.4. The van der Waals surface area contributed by atoms with Gasteiger partial charge in [0.25, 0.3) is 0 Å². The van der Waals surface area contributed by atoms with Crippen LogP contribution in [0.5, 0.6) is 0 Å². The van der Waals surface area contributed by atoms with Crippen molar-refractivity contribution in [2.24, 2.45) is 0 Å². The highest BCUT2D eigenvalue weighted by Gasteiger charge is 2.32. The van der Waals surface area contributed by atoms with Crippen LogP contribution in [0.15, 0.2) is 0 Å². The third-order valence-electron chi connectivity index (χ3n) is 2.22. The summed E-state index contributed by atoms with van der Waals surface area (Å²) < 4.78 is 41.4. The minimum atomic E-state index is -4.26. The number of alkyl halides is 3. The number of ether oxygens (including phenoxy) is 1. The van der Waals surface area contributed by atoms with Gasteiger partial charge < -0.3 is 10.1 Å². The fraction of sp³-hybridized carbons (Fsp3) is 0.900. The minimum absolute atomic E-state index is 0.0173. The van der Waals surface area contributed by atoms with Crippen molar-refractivity contribution in [1.29, 1.82) is 0 Å². The molecule has 0 heterocycles. The van der Waals surface area contributed by atoms with Crippen LogP contribution in [0.1, 0.15) is 13.3 Å². The number of carbonyl (C=O) groups excluding carboxylic acids is 1. The molecule has 17 heavy (non-hydrogen) atoms. The second-order valence-electron chi connectivity index (χ2n) is 3.71. The monoisotopic (exact) mass is 256 g/mol. The van der Waals surface area contributed by atoms with E-state index in [1.165, 1.54) is 19.1 Å². The fourth-order valence-electron chi connectivity index (χ4n) is 1.49. The zero-order valence-electron chi connectivity index (χ0n) is 10.3. The molecule has 1 unspecified atom stereocenters. The van der Waals surface area contributed by atoms with Crippen molar-refractivity contribution >= 4 is 5.97 Å². The number of halogens is 3. The Kier molecular flexibility index (Phi) is 7.13. The van der Waals surface area contributed by atoms with Gasteiger partial charge in [0.05, 0.1) is 13.7 Å². The number of likely N-dealkylation sites (N-methyl/N-ethyl adjacent to an activating group) is 1. The zero-order chi connectivity index (χ0) is 13.5. The summed E-state index contributed by atoms with van der Waals surface area (Å²) in [5, 5.41) is 2.64. The summed E-state index contributed by atoms with van der Waals surface area (Å²) in [6.07, 6.45) is -3.67. The third kappa shape index (κ3) is 7.17. The van der Waals surface area contributed by atoms with Gasteiger partial charge in [-0.3, -0.25) is 9.69 Å². The lowest BCUT2D eigenvalue weighted by molar-refractivity contribution is -0.152. The van der Waals surface area contributed by atoms with Crippen LogP contribution in [-0.2, 0) is 9.53 Å². The number of methoxy groups -OCH3 is 1. The maximum absolute atomic E-state index is 12.3. The van der Waals surface area contributed by atoms with E-state index in [1.807, 2.05) is 0 Å². The largest absolute Gasteiger partial charge is 0.468 e. The van der Waals surface area contributed by atoms with E-state index < -0.39 is 24.7 Å². The molecule has 0 aliphatic heterocycles. The Balaban J connectivity index is 4.45. The molecule has 0 radical (unpaired) electrons. The summed E-state index contributed by atoms with van der Waals surface area (Å²) in [6.45, 7) is 1.04. The molecule has 4 nitrogen and oxygen atoms in total. The molecule has 0 bridgehead atoms. The number of esters is 1. The van der Waals surface area contributed by atoms with Gasteiger partial charge in [0, 0.05) is 6.54 Å². The third-order valence-corrected chi connectivity index (χ3v) is 2.22. The highest BCUT2D eigenvalue weighted by molar-refractivity contribution is 5.75. The van der Waals surface area contributed by atoms with Gasteiger partial charge in [0.1, 0.15) is 6.04 Å². The predicted octanol–water partition coefficient (Wildman–Crippen LogP) is 1.02. The van der Waals surface area contributed by atoms with E-state index >= 15 is 0 Å². The molecular formula is C10H19F3N2O2. The number of hydrogen-bond acceptors (Lipinski definition) is 4. The van der Waals surface area contributed by atoms with E-state index in [1.54, 1.807) is 6.92 Å². The molecule has 0 aliphatic carbocycles. The Morgan fingerprint density at radius 3 is 2.41 bits per heavy atom. The van der Waals surface area contributed by atoms with Gasteiger partial charge in [-0.25, -0.2) is 0 Å². The minimum Gasteiger partial charge on any atom is -0.468 e. The van der Waals surface area contributed by atoms with Crippen LogP contribution < -0.4 is 5.32 Å². The lowest BCUT2D eigenvalue weighted by Gasteiger charge is -2.26. The molecule has 1 N–H and O–H groups in total. The number of carbonyl (C=O) groups is 1. The zero-order valence-corrected chi connectivity index (χ0v) is 10.3. The smallest absolute Gasteiger partial charge is 0.401 e. The summed E-state index contributed by atoms with van der Waals surface area (Å²) in [5.41, 5.74) is 0. The van der Waals surface area contributed by atoms with Gasteiger partial charge in [-0.15, -0.1) is 0 Å². The van der Waals surface area contributed by atoms with Crippen molar-refractivity contribution < 1.29 is 22.7 Å². The van der Waals surface area contributed by atoms with E-state index in [0.29, 0.717) is 6.42 Å². The quantitative estimate of drug-likeness (QED) is 0.691. The van der Waals surface area contributed by atoms with Gasteiger partial charge >= 0.3 is 12.1 Å². The van der Waals surface area contributed by atoms with Crippen LogP contribution in [-0.4, -0.2) is 56.9 Å². The van der Waals surface area contributed by atoms with E-state index in [-0.39, 0.29) is 13.1 Å². The van der Waals surface area contributed by atoms with Crippen LogP contribution in [0, 0.1) is 0 Å². The molecule has 0 fully saturated rings. The molecule has 0 aliphatic rings. The molecule has 0 aromatic carbocycles. The van der Waals surface area contributed by atoms with Gasteiger partial charge in [-0.1, -0.05) is 6.92 Å². The highest BCUT2D eigenvalue weighted by Crippen LogP contribution is 2.16. The van der Waals surface area contributed by atoms with Crippen molar-refractivity contribution in [3.8, 4) is 0 Å². The van der Waals surface area contributed by atoms with Crippen LogP contribution in [0.25, 0.3) is 0 Å². The van der Waals surface area contributed by atoms with Crippen LogP contribution in [0.2, 0.25) is 0 Å². The van der Waals surface area contributed by atoms with Crippen LogP contribution in [0.4, 0.5) is 13.2 Å². The molecule has 102 valence electrons. The molecule has 0 aromatic rings. The Labute approximate surface area is 99.1 Å². The Bertz CT molecular complexity index is 234. The SMILES string of the molecule is CCCN(CC(NC)C(=O)OC)CC(F)(F)F. The average molecular weight is 256 g/mol. The first-order valence-electron chi connectivity index (χ1n) is 5.38. The lowest BCUT2D eigenvalue weighted by atomic mass is 10.2. The van der Waals surface area contributed by atoms with Crippen molar-refractivity contribution in [3.63, 3.8) is 0 Å². The predicted molar refractivity (Wildman–Crippen MR) is 57.6 cm³/mol. The normalized spacial score (nSPS) is 13.8. The van der Waals surface area contributed by atoms with Crippen molar-refractivity contribution in [3.05, 3.63) is 0 Å². The molecular weight excluding hydrogens is 237 g/mol. The molecule has 0 saturated carbocycles. The Morgan fingerprint density at radius 1 is 1.47 bits per heavy atom. The van der Waals surface area contributed by atoms with E-state index in [4.69, 9.17) is 0 Å². The van der Waals surface area contributed by atoms with E-state index in [2.05, 4.69) is 10.1 Å². The number of rotatable bonds is 7. The van der Waals surface area contributed by atoms with Crippen molar-refractivity contribution in [2.75, 3.05) is 33.8 Å². The molecule has 7 heteroatoms. The molecule has 0 amide bonds. The van der Waals surface area contributed by atoms with Crippen molar-refractivity contribution in [1.82, 2.24) is 10.2 Å². The number of hydrogen-bond donors (Lipinski definition) is 1. The summed E-state index contributed by atoms with van der Waals surface area (Å²) in [7, 11) is 2.72. The average Bonchev–Trinajstić information content (AvgIpc) is 2.22. The summed E-state index contributed by atoms with van der Waals surface area (Å²) in [5.74, 6) is -0.559. The van der Waals surface area contributed by atoms with E-state index in [9.17, 15) is 18.0 Å². The van der Waals surface area contributed by atoms with E-state index in [0.717, 1.165) is 0 Å². The molecule has 0 spiro atoms. The topological polar surface area (TPSA) is 41.6 Å². The molecule has 0 saturated heterocycles. The Morgan fingerprint density at radius 2 is 2.06 bits per heavy atom. The lowest BCUT2D eigenvalue weighted by Crippen LogP contribution is -2.47. The first-order chi connectivity index (χ1) is 7.84. The summed E-state index contributed by atoms with van der Waals surface area (Å²) >= 11 is 0. The van der Waals surface area contributed by atoms with Gasteiger partial charge in [-0.05, 0) is 20.0 Å². The maximum Gasteiger partial charge on any atom is 0.401 e. The highest BCUT2D eigenvalue weighted by atomic mass is 19.4. The summed E-state index contributed by atoms with van der Waals surface area (Å²) in [6, 6.07) is -0.742. The van der Waals surface area contributed by atoms with Gasteiger partial charge in [-0.2, -0.15) is 13.2 Å². The molecule has 1 atom stereocenters. The maximum atomic E-state index is 12.3. The van der Waals surface area contributed by atoms with Crippen LogP contribution >= 0.6 is 0 Å². The first-order valence-corrected chi connectivity index (χ1v) is 5.38. The second-order valence-corrected chi connectivity index (χ2v) is 3.71. The Hall–Kier alpha value is -0.820. The first kappa shape index (κ1) is 16.2. The standard InChI is InChI=1S/C10H19F3N2O2/c1-4-5-15(7-10(11,12)13)6-8(14-2)9(16)17-3/h8,14H,4-7H2,1-3H3. The fourth-order valence-corrected chi connectivity index (χ4v) is 1.49.